The van der Waals surface area contributed by atoms with Crippen molar-refractivity contribution < 1.29 is 14.2 Å². The van der Waals surface area contributed by atoms with Gasteiger partial charge in [0.05, 0.1) is 19.8 Å². The van der Waals surface area contributed by atoms with Crippen LogP contribution >= 0.6 is 24.0 Å². The summed E-state index contributed by atoms with van der Waals surface area (Å²) in [7, 11) is 1.71. The van der Waals surface area contributed by atoms with Crippen molar-refractivity contribution in [2.75, 3.05) is 46.6 Å². The first kappa shape index (κ1) is 25.0. The molecule has 1 unspecified atom stereocenters. The fourth-order valence-corrected chi connectivity index (χ4v) is 3.45. The van der Waals surface area contributed by atoms with Crippen LogP contribution in [0.3, 0.4) is 0 Å². The van der Waals surface area contributed by atoms with E-state index in [1.807, 2.05) is 6.92 Å². The number of rotatable bonds is 9. The summed E-state index contributed by atoms with van der Waals surface area (Å²) in [6.07, 6.45) is 1.94. The van der Waals surface area contributed by atoms with E-state index in [9.17, 15) is 0 Å². The fraction of sp³-hybridized carbons (Fsp3) is 0.667. The standard InChI is InChI=1S/C21H35N3O3.HI/c1-5-22-20(24-17(3)15-25-4)23-16-21(11-13-26-14-12-21)18-7-9-19(10-8-18)27-6-2;/h7-10,17H,5-6,11-16H2,1-4H3,(H2,22,23,24);1H. The number of guanidine groups is 1. The molecular weight excluding hydrogens is 469 g/mol. The van der Waals surface area contributed by atoms with Crippen LogP contribution in [0.15, 0.2) is 29.3 Å². The van der Waals surface area contributed by atoms with Gasteiger partial charge < -0.3 is 24.8 Å². The third-order valence-electron chi connectivity index (χ3n) is 4.91. The summed E-state index contributed by atoms with van der Waals surface area (Å²) in [6.45, 7) is 10.6. The van der Waals surface area contributed by atoms with E-state index in [0.29, 0.717) is 13.2 Å². The predicted octanol–water partition coefficient (Wildman–Crippen LogP) is 3.34. The second kappa shape index (κ2) is 13.2. The Labute approximate surface area is 186 Å². The Hall–Kier alpha value is -1.06. The number of hydrogen-bond donors (Lipinski definition) is 2. The molecule has 0 radical (unpaired) electrons. The van der Waals surface area contributed by atoms with E-state index < -0.39 is 0 Å². The van der Waals surface area contributed by atoms with Crippen molar-refractivity contribution >= 4 is 29.9 Å². The number of methoxy groups -OCH3 is 1. The van der Waals surface area contributed by atoms with Crippen LogP contribution in [0.5, 0.6) is 5.75 Å². The van der Waals surface area contributed by atoms with Crippen LogP contribution in [0.1, 0.15) is 39.2 Å². The lowest BCUT2D eigenvalue weighted by Gasteiger charge is -2.37. The van der Waals surface area contributed by atoms with Gasteiger partial charge in [-0.3, -0.25) is 4.99 Å². The highest BCUT2D eigenvalue weighted by molar-refractivity contribution is 14.0. The molecule has 1 aromatic carbocycles. The van der Waals surface area contributed by atoms with Gasteiger partial charge in [0.1, 0.15) is 5.75 Å². The maximum Gasteiger partial charge on any atom is 0.191 e. The maximum absolute atomic E-state index is 5.64. The Kier molecular flexibility index (Phi) is 11.8. The first-order valence-electron chi connectivity index (χ1n) is 9.98. The largest absolute Gasteiger partial charge is 0.494 e. The van der Waals surface area contributed by atoms with Gasteiger partial charge in [-0.25, -0.2) is 0 Å². The zero-order chi connectivity index (χ0) is 19.5. The first-order chi connectivity index (χ1) is 13.1. The molecule has 1 heterocycles. The van der Waals surface area contributed by atoms with Crippen LogP contribution in [-0.2, 0) is 14.9 Å². The average Bonchev–Trinajstić information content (AvgIpc) is 2.68. The Bertz CT molecular complexity index is 575. The van der Waals surface area contributed by atoms with E-state index in [1.54, 1.807) is 7.11 Å². The molecule has 0 saturated carbocycles. The Morgan fingerprint density at radius 3 is 2.46 bits per heavy atom. The quantitative estimate of drug-likeness (QED) is 0.306. The number of nitrogens with one attached hydrogen (secondary N) is 2. The van der Waals surface area contributed by atoms with Gasteiger partial charge in [0.2, 0.25) is 0 Å². The van der Waals surface area contributed by atoms with Crippen molar-refractivity contribution in [2.45, 2.75) is 45.1 Å². The lowest BCUT2D eigenvalue weighted by atomic mass is 9.74. The van der Waals surface area contributed by atoms with Crippen molar-refractivity contribution in [2.24, 2.45) is 4.99 Å². The number of hydrogen-bond acceptors (Lipinski definition) is 4. The molecule has 1 aliphatic rings. The van der Waals surface area contributed by atoms with E-state index in [1.165, 1.54) is 5.56 Å². The lowest BCUT2D eigenvalue weighted by molar-refractivity contribution is 0.0530. The third kappa shape index (κ3) is 7.40. The van der Waals surface area contributed by atoms with Crippen LogP contribution < -0.4 is 15.4 Å². The molecule has 2 N–H and O–H groups in total. The highest BCUT2D eigenvalue weighted by atomic mass is 127. The summed E-state index contributed by atoms with van der Waals surface area (Å²) < 4.78 is 16.5. The number of nitrogens with zero attached hydrogens (tertiary/aromatic N) is 1. The van der Waals surface area contributed by atoms with Gasteiger partial charge in [0.15, 0.2) is 5.96 Å². The molecule has 0 aliphatic carbocycles. The van der Waals surface area contributed by atoms with E-state index in [4.69, 9.17) is 19.2 Å². The summed E-state index contributed by atoms with van der Waals surface area (Å²) in [4.78, 5) is 4.92. The van der Waals surface area contributed by atoms with Crippen LogP contribution in [0.25, 0.3) is 0 Å². The highest BCUT2D eigenvalue weighted by Crippen LogP contribution is 2.36. The van der Waals surface area contributed by atoms with Gasteiger partial charge in [-0.1, -0.05) is 12.1 Å². The molecule has 160 valence electrons. The fourth-order valence-electron chi connectivity index (χ4n) is 3.45. The van der Waals surface area contributed by atoms with Gasteiger partial charge in [0, 0.05) is 38.3 Å². The molecule has 1 saturated heterocycles. The molecule has 2 rings (SSSR count). The summed E-state index contributed by atoms with van der Waals surface area (Å²) >= 11 is 0. The smallest absolute Gasteiger partial charge is 0.191 e. The molecule has 0 amide bonds. The van der Waals surface area contributed by atoms with E-state index in [2.05, 4.69) is 48.7 Å². The molecule has 1 atom stereocenters. The van der Waals surface area contributed by atoms with E-state index in [0.717, 1.165) is 50.9 Å². The molecule has 0 aromatic heterocycles. The summed E-state index contributed by atoms with van der Waals surface area (Å²) in [5, 5.41) is 6.75. The third-order valence-corrected chi connectivity index (χ3v) is 4.91. The van der Waals surface area contributed by atoms with Crippen LogP contribution in [0.2, 0.25) is 0 Å². The molecule has 1 fully saturated rings. The van der Waals surface area contributed by atoms with Gasteiger partial charge in [-0.05, 0) is 51.3 Å². The molecule has 7 heteroatoms. The van der Waals surface area contributed by atoms with Crippen molar-refractivity contribution in [3.63, 3.8) is 0 Å². The number of ether oxygens (including phenoxy) is 3. The summed E-state index contributed by atoms with van der Waals surface area (Å²) in [5.41, 5.74) is 1.30. The van der Waals surface area contributed by atoms with Crippen molar-refractivity contribution in [1.29, 1.82) is 0 Å². The van der Waals surface area contributed by atoms with E-state index >= 15 is 0 Å². The molecule has 0 spiro atoms. The minimum absolute atomic E-state index is 0. The topological polar surface area (TPSA) is 64.1 Å². The molecule has 1 aromatic rings. The monoisotopic (exact) mass is 505 g/mol. The molecule has 6 nitrogen and oxygen atoms in total. The zero-order valence-corrected chi connectivity index (χ0v) is 20.0. The minimum Gasteiger partial charge on any atom is -0.494 e. The second-order valence-corrected chi connectivity index (χ2v) is 7.05. The van der Waals surface area contributed by atoms with Crippen molar-refractivity contribution in [3.05, 3.63) is 29.8 Å². The molecule has 0 bridgehead atoms. The van der Waals surface area contributed by atoms with Gasteiger partial charge >= 0.3 is 0 Å². The van der Waals surface area contributed by atoms with Crippen LogP contribution in [0, 0.1) is 0 Å². The van der Waals surface area contributed by atoms with E-state index in [-0.39, 0.29) is 35.4 Å². The van der Waals surface area contributed by atoms with Gasteiger partial charge in [0.25, 0.3) is 0 Å². The normalized spacial score (nSPS) is 17.4. The maximum atomic E-state index is 5.64. The SMILES string of the molecule is CCNC(=NCC1(c2ccc(OCC)cc2)CCOCC1)NC(C)COC.I. The van der Waals surface area contributed by atoms with Gasteiger partial charge in [-0.2, -0.15) is 0 Å². The van der Waals surface area contributed by atoms with Crippen LogP contribution in [0.4, 0.5) is 0 Å². The van der Waals surface area contributed by atoms with Crippen molar-refractivity contribution in [3.8, 4) is 5.75 Å². The average molecular weight is 505 g/mol. The zero-order valence-electron chi connectivity index (χ0n) is 17.6. The molecule has 1 aliphatic heterocycles. The number of benzene rings is 1. The first-order valence-corrected chi connectivity index (χ1v) is 9.98. The van der Waals surface area contributed by atoms with Crippen LogP contribution in [-0.4, -0.2) is 58.6 Å². The Morgan fingerprint density at radius 1 is 1.21 bits per heavy atom. The second-order valence-electron chi connectivity index (χ2n) is 7.05. The summed E-state index contributed by atoms with van der Waals surface area (Å²) in [5.74, 6) is 1.74. The predicted molar refractivity (Wildman–Crippen MR) is 125 cm³/mol. The minimum atomic E-state index is -0.00413. The lowest BCUT2D eigenvalue weighted by Crippen LogP contribution is -2.45. The Balaban J connectivity index is 0.00000392. The van der Waals surface area contributed by atoms with Crippen molar-refractivity contribution in [1.82, 2.24) is 10.6 Å². The van der Waals surface area contributed by atoms with Gasteiger partial charge in [-0.15, -0.1) is 24.0 Å². The summed E-state index contributed by atoms with van der Waals surface area (Å²) in [6, 6.07) is 8.68. The molecular formula is C21H36IN3O3. The molecule has 28 heavy (non-hydrogen) atoms. The number of halogens is 1. The number of aliphatic imine (C=N–C) groups is 1. The Morgan fingerprint density at radius 2 is 1.89 bits per heavy atom. The highest BCUT2D eigenvalue weighted by Gasteiger charge is 2.34.